The molecule has 2 heterocycles. The summed E-state index contributed by atoms with van der Waals surface area (Å²) in [5, 5.41) is 9.03. The first-order chi connectivity index (χ1) is 16.0. The second-order valence-corrected chi connectivity index (χ2v) is 9.33. The van der Waals surface area contributed by atoms with Crippen molar-refractivity contribution in [2.24, 2.45) is 5.92 Å². The second-order valence-electron chi connectivity index (χ2n) is 8.92. The van der Waals surface area contributed by atoms with Gasteiger partial charge < -0.3 is 14.4 Å². The van der Waals surface area contributed by atoms with Crippen LogP contribution in [0.25, 0.3) is 21.8 Å². The van der Waals surface area contributed by atoms with Gasteiger partial charge in [-0.2, -0.15) is 0 Å². The lowest BCUT2D eigenvalue weighted by molar-refractivity contribution is -0.120. The van der Waals surface area contributed by atoms with Crippen molar-refractivity contribution in [3.05, 3.63) is 75.2 Å². The molecule has 4 aromatic rings. The first-order valence-electron chi connectivity index (χ1n) is 11.4. The maximum atomic E-state index is 13.6. The molecule has 1 amide bonds. The summed E-state index contributed by atoms with van der Waals surface area (Å²) in [4.78, 5) is 26.0. The predicted octanol–water partition coefficient (Wildman–Crippen LogP) is 5.19. The van der Waals surface area contributed by atoms with E-state index in [4.69, 9.17) is 16.1 Å². The third-order valence-electron chi connectivity index (χ3n) is 6.70. The fourth-order valence-corrected chi connectivity index (χ4v) is 5.38. The van der Waals surface area contributed by atoms with Crippen molar-refractivity contribution in [3.8, 4) is 0 Å². The standard InChI is InChI=1S/C26H26ClN3O3/c1-16-23-25(29-33-16)24-20(27)11-6-12-21(24)30(26(23)32)19-10-5-9-18(13-19)15-28-22(31)14-17-7-3-2-4-8-17/h2-4,6-8,11-12,18-19H,5,9-10,13-15H2,1H3,(H,28,31)/t18-,19+/m0/s1. The van der Waals surface area contributed by atoms with Gasteiger partial charge in [0.15, 0.2) is 0 Å². The Kier molecular flexibility index (Phi) is 5.94. The number of nitrogens with zero attached hydrogens (tertiary/aromatic N) is 2. The topological polar surface area (TPSA) is 77.1 Å². The van der Waals surface area contributed by atoms with Gasteiger partial charge in [0.2, 0.25) is 5.91 Å². The normalized spacial score (nSPS) is 18.6. The quantitative estimate of drug-likeness (QED) is 0.441. The fourth-order valence-electron chi connectivity index (χ4n) is 5.12. The average molecular weight is 464 g/mol. The van der Waals surface area contributed by atoms with Gasteiger partial charge in [-0.3, -0.25) is 9.59 Å². The van der Waals surface area contributed by atoms with E-state index in [9.17, 15) is 9.59 Å². The number of fused-ring (bicyclic) bond motifs is 3. The highest BCUT2D eigenvalue weighted by Gasteiger charge is 2.28. The van der Waals surface area contributed by atoms with Crippen molar-refractivity contribution in [2.45, 2.75) is 45.1 Å². The summed E-state index contributed by atoms with van der Waals surface area (Å²) < 4.78 is 7.25. The maximum Gasteiger partial charge on any atom is 0.264 e. The van der Waals surface area contributed by atoms with Crippen LogP contribution in [0, 0.1) is 12.8 Å². The molecule has 2 aromatic carbocycles. The average Bonchev–Trinajstić information content (AvgIpc) is 3.20. The van der Waals surface area contributed by atoms with Crippen molar-refractivity contribution < 1.29 is 9.32 Å². The molecule has 1 aliphatic carbocycles. The fraction of sp³-hybridized carbons (Fsp3) is 0.346. The first-order valence-corrected chi connectivity index (χ1v) is 11.8. The molecule has 5 rings (SSSR count). The Labute approximate surface area is 196 Å². The molecule has 1 aliphatic rings. The van der Waals surface area contributed by atoms with Crippen LogP contribution in [0.15, 0.2) is 57.8 Å². The Morgan fingerprint density at radius 2 is 1.97 bits per heavy atom. The number of carbonyl (C=O) groups excluding carboxylic acids is 1. The van der Waals surface area contributed by atoms with E-state index in [1.165, 1.54) is 0 Å². The summed E-state index contributed by atoms with van der Waals surface area (Å²) >= 11 is 6.54. The Morgan fingerprint density at radius 3 is 2.79 bits per heavy atom. The number of rotatable bonds is 5. The minimum Gasteiger partial charge on any atom is -0.360 e. The summed E-state index contributed by atoms with van der Waals surface area (Å²) in [6.07, 6.45) is 4.14. The number of benzene rings is 2. The van der Waals surface area contributed by atoms with E-state index in [2.05, 4.69) is 10.5 Å². The molecule has 1 saturated carbocycles. The molecule has 33 heavy (non-hydrogen) atoms. The maximum absolute atomic E-state index is 13.6. The number of aryl methyl sites for hydroxylation is 1. The monoisotopic (exact) mass is 463 g/mol. The molecular weight excluding hydrogens is 438 g/mol. The molecule has 1 fully saturated rings. The van der Waals surface area contributed by atoms with Gasteiger partial charge >= 0.3 is 0 Å². The Bertz CT molecular complexity index is 1380. The van der Waals surface area contributed by atoms with Gasteiger partial charge in [-0.05, 0) is 49.8 Å². The van der Waals surface area contributed by atoms with Crippen molar-refractivity contribution in [2.75, 3.05) is 6.54 Å². The zero-order valence-electron chi connectivity index (χ0n) is 18.5. The summed E-state index contributed by atoms with van der Waals surface area (Å²) in [7, 11) is 0. The Balaban J connectivity index is 1.40. The van der Waals surface area contributed by atoms with Gasteiger partial charge in [-0.15, -0.1) is 0 Å². The molecule has 6 nitrogen and oxygen atoms in total. The Hall–Kier alpha value is -3.12. The lowest BCUT2D eigenvalue weighted by atomic mass is 9.85. The highest BCUT2D eigenvalue weighted by atomic mass is 35.5. The number of carbonyl (C=O) groups is 1. The van der Waals surface area contributed by atoms with Gasteiger partial charge in [0.05, 0.1) is 17.0 Å². The molecule has 1 N–H and O–H groups in total. The summed E-state index contributed by atoms with van der Waals surface area (Å²) in [6.45, 7) is 2.37. The van der Waals surface area contributed by atoms with Gasteiger partial charge in [0, 0.05) is 18.0 Å². The SMILES string of the molecule is Cc1onc2c1c(=O)n([C@@H]1CCC[C@H](CNC(=O)Cc3ccccc3)C1)c1cccc(Cl)c21. The van der Waals surface area contributed by atoms with Gasteiger partial charge in [0.25, 0.3) is 5.56 Å². The van der Waals surface area contributed by atoms with Crippen molar-refractivity contribution in [1.82, 2.24) is 15.0 Å². The molecule has 0 spiro atoms. The lowest BCUT2D eigenvalue weighted by Gasteiger charge is -2.31. The molecule has 0 aliphatic heterocycles. The van der Waals surface area contributed by atoms with Crippen LogP contribution >= 0.6 is 11.6 Å². The van der Waals surface area contributed by atoms with Crippen LogP contribution in [0.3, 0.4) is 0 Å². The van der Waals surface area contributed by atoms with Gasteiger partial charge in [-0.1, -0.05) is 59.6 Å². The minimum atomic E-state index is -0.0859. The number of hydrogen-bond donors (Lipinski definition) is 1. The molecule has 0 radical (unpaired) electrons. The van der Waals surface area contributed by atoms with E-state index in [-0.39, 0.29) is 17.5 Å². The minimum absolute atomic E-state index is 0.0271. The number of nitrogens with one attached hydrogen (secondary N) is 1. The van der Waals surface area contributed by atoms with Gasteiger partial charge in [0.1, 0.15) is 16.7 Å². The van der Waals surface area contributed by atoms with E-state index in [1.54, 1.807) is 6.92 Å². The summed E-state index contributed by atoms with van der Waals surface area (Å²) in [6, 6.07) is 15.4. The van der Waals surface area contributed by atoms with Crippen molar-refractivity contribution >= 4 is 39.3 Å². The number of hydrogen-bond acceptors (Lipinski definition) is 4. The van der Waals surface area contributed by atoms with E-state index in [0.717, 1.165) is 42.1 Å². The number of halogens is 1. The molecular formula is C26H26ClN3O3. The van der Waals surface area contributed by atoms with Crippen molar-refractivity contribution in [1.29, 1.82) is 0 Å². The summed E-state index contributed by atoms with van der Waals surface area (Å²) in [5.74, 6) is 0.842. The van der Waals surface area contributed by atoms with Crippen LogP contribution in [0.5, 0.6) is 0 Å². The molecule has 2 atom stereocenters. The van der Waals surface area contributed by atoms with E-state index in [0.29, 0.717) is 40.6 Å². The van der Waals surface area contributed by atoms with Crippen LogP contribution in [0.4, 0.5) is 0 Å². The van der Waals surface area contributed by atoms with Crippen LogP contribution in [-0.4, -0.2) is 22.2 Å². The Morgan fingerprint density at radius 1 is 1.15 bits per heavy atom. The lowest BCUT2D eigenvalue weighted by Crippen LogP contribution is -2.35. The third kappa shape index (κ3) is 4.15. The van der Waals surface area contributed by atoms with Gasteiger partial charge in [-0.25, -0.2) is 0 Å². The highest BCUT2D eigenvalue weighted by Crippen LogP contribution is 2.36. The van der Waals surface area contributed by atoms with Crippen LogP contribution in [-0.2, 0) is 11.2 Å². The second kappa shape index (κ2) is 9.02. The number of amides is 1. The predicted molar refractivity (Wildman–Crippen MR) is 130 cm³/mol. The third-order valence-corrected chi connectivity index (χ3v) is 7.01. The van der Waals surface area contributed by atoms with Crippen LogP contribution in [0.1, 0.15) is 43.0 Å². The smallest absolute Gasteiger partial charge is 0.264 e. The molecule has 0 saturated heterocycles. The number of aromatic nitrogens is 2. The van der Waals surface area contributed by atoms with E-state index in [1.807, 2.05) is 53.1 Å². The van der Waals surface area contributed by atoms with Crippen LogP contribution < -0.4 is 10.9 Å². The molecule has 170 valence electrons. The number of pyridine rings is 1. The van der Waals surface area contributed by atoms with E-state index >= 15 is 0 Å². The molecule has 7 heteroatoms. The molecule has 0 bridgehead atoms. The largest absolute Gasteiger partial charge is 0.360 e. The zero-order chi connectivity index (χ0) is 22.9. The molecule has 0 unspecified atom stereocenters. The van der Waals surface area contributed by atoms with E-state index < -0.39 is 0 Å². The summed E-state index contributed by atoms with van der Waals surface area (Å²) in [5.41, 5.74) is 2.23. The first kappa shape index (κ1) is 21.7. The highest BCUT2D eigenvalue weighted by molar-refractivity contribution is 6.37. The molecule has 2 aromatic heterocycles. The van der Waals surface area contributed by atoms with Crippen molar-refractivity contribution in [3.63, 3.8) is 0 Å². The zero-order valence-corrected chi connectivity index (χ0v) is 19.3. The van der Waals surface area contributed by atoms with Crippen LogP contribution in [0.2, 0.25) is 5.02 Å².